The molecule has 8 heteroatoms. The van der Waals surface area contributed by atoms with Crippen molar-refractivity contribution in [1.82, 2.24) is 10.2 Å². The maximum absolute atomic E-state index is 11.9. The van der Waals surface area contributed by atoms with Gasteiger partial charge in [0.2, 0.25) is 11.0 Å². The number of nitrogens with zero attached hydrogens (tertiary/aromatic N) is 2. The summed E-state index contributed by atoms with van der Waals surface area (Å²) in [6, 6.07) is 7.26. The molecule has 1 aliphatic rings. The molecule has 126 valence electrons. The summed E-state index contributed by atoms with van der Waals surface area (Å²) in [5, 5.41) is 11.5. The largest absolute Gasteiger partial charge is 0.465 e. The lowest BCUT2D eigenvalue weighted by Gasteiger charge is -2.23. The molecule has 1 heterocycles. The van der Waals surface area contributed by atoms with Crippen LogP contribution < -0.4 is 5.32 Å². The lowest BCUT2D eigenvalue weighted by atomic mass is 9.85. The molecule has 1 aromatic heterocycles. The third-order valence-electron chi connectivity index (χ3n) is 3.85. The predicted octanol–water partition coefficient (Wildman–Crippen LogP) is 3.36. The Bertz CT molecular complexity index is 726. The van der Waals surface area contributed by atoms with Crippen molar-refractivity contribution in [3.05, 3.63) is 35.4 Å². The van der Waals surface area contributed by atoms with Gasteiger partial charge in [-0.3, -0.25) is 4.79 Å². The van der Waals surface area contributed by atoms with E-state index in [1.165, 1.54) is 18.4 Å². The van der Waals surface area contributed by atoms with Crippen LogP contribution in [0.15, 0.2) is 28.6 Å². The van der Waals surface area contributed by atoms with E-state index in [2.05, 4.69) is 20.3 Å². The molecular formula is C16H17N3O3S2. The van der Waals surface area contributed by atoms with Crippen molar-refractivity contribution in [3.63, 3.8) is 0 Å². The van der Waals surface area contributed by atoms with Crippen LogP contribution in [0.2, 0.25) is 0 Å². The Balaban J connectivity index is 1.51. The van der Waals surface area contributed by atoms with Crippen LogP contribution in [-0.2, 0) is 15.3 Å². The molecule has 0 unspecified atom stereocenters. The number of ether oxygens (including phenoxy) is 1. The van der Waals surface area contributed by atoms with Crippen LogP contribution in [0.1, 0.15) is 35.2 Å². The van der Waals surface area contributed by atoms with Crippen LogP contribution >= 0.6 is 23.1 Å². The number of thioether (sulfide) groups is 1. The highest BCUT2D eigenvalue weighted by Gasteiger charge is 2.25. The summed E-state index contributed by atoms with van der Waals surface area (Å²) >= 11 is 2.93. The number of carbonyl (C=O) groups excluding carboxylic acids is 2. The SMILES string of the molecule is COC(=O)c1ccc(CSc2nnc(NC(=O)C3CCC3)s2)cc1. The van der Waals surface area contributed by atoms with E-state index in [0.717, 1.165) is 29.2 Å². The van der Waals surface area contributed by atoms with E-state index in [0.29, 0.717) is 16.4 Å². The molecular weight excluding hydrogens is 346 g/mol. The van der Waals surface area contributed by atoms with Crippen LogP contribution in [0.3, 0.4) is 0 Å². The highest BCUT2D eigenvalue weighted by Crippen LogP contribution is 2.31. The first-order valence-corrected chi connectivity index (χ1v) is 9.40. The van der Waals surface area contributed by atoms with E-state index in [9.17, 15) is 9.59 Å². The number of nitrogens with one attached hydrogen (secondary N) is 1. The molecule has 1 aromatic carbocycles. The third-order valence-corrected chi connectivity index (χ3v) is 5.89. The van der Waals surface area contributed by atoms with Gasteiger partial charge in [-0.25, -0.2) is 4.79 Å². The number of anilines is 1. The van der Waals surface area contributed by atoms with E-state index in [1.807, 2.05) is 12.1 Å². The van der Waals surface area contributed by atoms with E-state index < -0.39 is 0 Å². The number of hydrogen-bond acceptors (Lipinski definition) is 7. The molecule has 1 aliphatic carbocycles. The van der Waals surface area contributed by atoms with Crippen molar-refractivity contribution in [3.8, 4) is 0 Å². The second-order valence-corrected chi connectivity index (χ2v) is 7.67. The second kappa shape index (κ2) is 7.76. The van der Waals surface area contributed by atoms with Gasteiger partial charge >= 0.3 is 5.97 Å². The first kappa shape index (κ1) is 16.9. The molecule has 0 atom stereocenters. The van der Waals surface area contributed by atoms with E-state index >= 15 is 0 Å². The topological polar surface area (TPSA) is 81.2 Å². The summed E-state index contributed by atoms with van der Waals surface area (Å²) in [7, 11) is 1.36. The van der Waals surface area contributed by atoms with Crippen molar-refractivity contribution >= 4 is 40.1 Å². The highest BCUT2D eigenvalue weighted by molar-refractivity contribution is 8.00. The van der Waals surface area contributed by atoms with Crippen molar-refractivity contribution < 1.29 is 14.3 Å². The molecule has 0 bridgehead atoms. The second-order valence-electron chi connectivity index (χ2n) is 5.47. The normalized spacial score (nSPS) is 14.0. The van der Waals surface area contributed by atoms with E-state index in [-0.39, 0.29) is 17.8 Å². The van der Waals surface area contributed by atoms with Gasteiger partial charge in [-0.15, -0.1) is 10.2 Å². The number of carbonyl (C=O) groups is 2. The summed E-state index contributed by atoms with van der Waals surface area (Å²) in [4.78, 5) is 23.3. The minimum absolute atomic E-state index is 0.0485. The lowest BCUT2D eigenvalue weighted by molar-refractivity contribution is -0.122. The standard InChI is InChI=1S/C16H17N3O3S2/c1-22-14(21)12-7-5-10(6-8-12)9-23-16-19-18-15(24-16)17-13(20)11-3-2-4-11/h5-8,11H,2-4,9H2,1H3,(H,17,18,20). The fraction of sp³-hybridized carbons (Fsp3) is 0.375. The minimum atomic E-state index is -0.342. The zero-order valence-electron chi connectivity index (χ0n) is 13.2. The minimum Gasteiger partial charge on any atom is -0.465 e. The van der Waals surface area contributed by atoms with Crippen LogP contribution in [0, 0.1) is 5.92 Å². The number of benzene rings is 1. The molecule has 1 amide bonds. The van der Waals surface area contributed by atoms with Crippen molar-refractivity contribution in [2.24, 2.45) is 5.92 Å². The number of methoxy groups -OCH3 is 1. The lowest BCUT2D eigenvalue weighted by Crippen LogP contribution is -2.27. The Morgan fingerprint density at radius 3 is 2.67 bits per heavy atom. The van der Waals surface area contributed by atoms with Crippen molar-refractivity contribution in [1.29, 1.82) is 0 Å². The van der Waals surface area contributed by atoms with Crippen LogP contribution in [0.25, 0.3) is 0 Å². The average molecular weight is 363 g/mol. The first-order valence-electron chi connectivity index (χ1n) is 7.60. The van der Waals surface area contributed by atoms with Gasteiger partial charge in [-0.1, -0.05) is 41.7 Å². The van der Waals surface area contributed by atoms with Crippen LogP contribution in [-0.4, -0.2) is 29.2 Å². The van der Waals surface area contributed by atoms with E-state index in [1.54, 1.807) is 23.9 Å². The van der Waals surface area contributed by atoms with Gasteiger partial charge in [0.05, 0.1) is 12.7 Å². The molecule has 3 rings (SSSR count). The number of esters is 1. The zero-order valence-corrected chi connectivity index (χ0v) is 14.8. The van der Waals surface area contributed by atoms with Gasteiger partial charge in [0.25, 0.3) is 0 Å². The monoisotopic (exact) mass is 363 g/mol. The molecule has 0 saturated heterocycles. The number of hydrogen-bond donors (Lipinski definition) is 1. The predicted molar refractivity (Wildman–Crippen MR) is 93.2 cm³/mol. The smallest absolute Gasteiger partial charge is 0.337 e. The molecule has 1 fully saturated rings. The number of aromatic nitrogens is 2. The maximum Gasteiger partial charge on any atom is 0.337 e. The first-order chi connectivity index (χ1) is 11.7. The highest BCUT2D eigenvalue weighted by atomic mass is 32.2. The van der Waals surface area contributed by atoms with Gasteiger partial charge in [0.15, 0.2) is 4.34 Å². The molecule has 2 aromatic rings. The van der Waals surface area contributed by atoms with Gasteiger partial charge in [-0.05, 0) is 30.5 Å². The van der Waals surface area contributed by atoms with Gasteiger partial charge < -0.3 is 10.1 Å². The zero-order chi connectivity index (χ0) is 16.9. The fourth-order valence-electron chi connectivity index (χ4n) is 2.20. The fourth-order valence-corrected chi connectivity index (χ4v) is 3.91. The Hall–Kier alpha value is -1.93. The number of amides is 1. The summed E-state index contributed by atoms with van der Waals surface area (Å²) < 4.78 is 5.48. The van der Waals surface area contributed by atoms with Crippen LogP contribution in [0.5, 0.6) is 0 Å². The molecule has 6 nitrogen and oxygen atoms in total. The molecule has 24 heavy (non-hydrogen) atoms. The van der Waals surface area contributed by atoms with E-state index in [4.69, 9.17) is 0 Å². The average Bonchev–Trinajstić information content (AvgIpc) is 2.98. The van der Waals surface area contributed by atoms with Crippen LogP contribution in [0.4, 0.5) is 5.13 Å². The Labute approximate surface area is 148 Å². The molecule has 1 N–H and O–H groups in total. The quantitative estimate of drug-likeness (QED) is 0.481. The maximum atomic E-state index is 11.9. The Morgan fingerprint density at radius 2 is 2.04 bits per heavy atom. The number of rotatable bonds is 6. The van der Waals surface area contributed by atoms with Gasteiger partial charge in [0, 0.05) is 11.7 Å². The molecule has 0 radical (unpaired) electrons. The molecule has 0 aliphatic heterocycles. The summed E-state index contributed by atoms with van der Waals surface area (Å²) in [5.74, 6) is 0.558. The third kappa shape index (κ3) is 4.12. The molecule has 0 spiro atoms. The van der Waals surface area contributed by atoms with Gasteiger partial charge in [0.1, 0.15) is 0 Å². The summed E-state index contributed by atoms with van der Waals surface area (Å²) in [6.07, 6.45) is 3.06. The van der Waals surface area contributed by atoms with Gasteiger partial charge in [-0.2, -0.15) is 0 Å². The van der Waals surface area contributed by atoms with Crippen molar-refractivity contribution in [2.45, 2.75) is 29.4 Å². The summed E-state index contributed by atoms with van der Waals surface area (Å²) in [5.41, 5.74) is 1.60. The van der Waals surface area contributed by atoms with Crippen molar-refractivity contribution in [2.75, 3.05) is 12.4 Å². The Kier molecular flexibility index (Phi) is 5.47. The molecule has 1 saturated carbocycles. The summed E-state index contributed by atoms with van der Waals surface area (Å²) in [6.45, 7) is 0. The Morgan fingerprint density at radius 1 is 1.29 bits per heavy atom.